The van der Waals surface area contributed by atoms with E-state index in [0.717, 1.165) is 15.9 Å². The van der Waals surface area contributed by atoms with E-state index < -0.39 is 0 Å². The van der Waals surface area contributed by atoms with Gasteiger partial charge in [0.2, 0.25) is 0 Å². The van der Waals surface area contributed by atoms with Crippen molar-refractivity contribution >= 4 is 21.7 Å². The Kier molecular flexibility index (Phi) is 3.91. The van der Waals surface area contributed by atoms with Crippen molar-refractivity contribution in [1.82, 2.24) is 9.78 Å². The Morgan fingerprint density at radius 2 is 2.17 bits per heavy atom. The van der Waals surface area contributed by atoms with Crippen molar-refractivity contribution in [3.8, 4) is 5.75 Å². The van der Waals surface area contributed by atoms with Crippen LogP contribution in [0.4, 0.5) is 5.82 Å². The molecule has 0 atom stereocenters. The molecule has 0 saturated heterocycles. The molecule has 1 heterocycles. The van der Waals surface area contributed by atoms with Gasteiger partial charge >= 0.3 is 0 Å². The Morgan fingerprint density at radius 3 is 2.78 bits per heavy atom. The van der Waals surface area contributed by atoms with Crippen molar-refractivity contribution in [1.29, 1.82) is 0 Å². The Morgan fingerprint density at radius 1 is 1.39 bits per heavy atom. The molecule has 0 bridgehead atoms. The first-order chi connectivity index (χ1) is 8.56. The zero-order valence-electron chi connectivity index (χ0n) is 10.4. The molecule has 4 nitrogen and oxygen atoms in total. The normalized spacial score (nSPS) is 10.9. The van der Waals surface area contributed by atoms with Crippen LogP contribution in [-0.2, 0) is 6.61 Å². The maximum Gasteiger partial charge on any atom is 0.132 e. The third-order valence-corrected chi connectivity index (χ3v) is 2.98. The number of ether oxygens (including phenoxy) is 1. The van der Waals surface area contributed by atoms with Crippen LogP contribution in [-0.4, -0.2) is 9.78 Å². The molecule has 0 aliphatic carbocycles. The van der Waals surface area contributed by atoms with E-state index in [0.29, 0.717) is 12.4 Å². The summed E-state index contributed by atoms with van der Waals surface area (Å²) >= 11 is 3.40. The van der Waals surface area contributed by atoms with Crippen LogP contribution in [0.15, 0.2) is 34.8 Å². The average Bonchev–Trinajstić information content (AvgIpc) is 2.68. The quantitative estimate of drug-likeness (QED) is 0.942. The summed E-state index contributed by atoms with van der Waals surface area (Å²) in [6, 6.07) is 9.82. The van der Waals surface area contributed by atoms with Gasteiger partial charge in [-0.05, 0) is 32.0 Å². The van der Waals surface area contributed by atoms with Crippen LogP contribution in [0.25, 0.3) is 0 Å². The number of nitrogens with two attached hydrogens (primary N) is 1. The second-order valence-electron chi connectivity index (χ2n) is 4.34. The number of nitrogen functional groups attached to an aromatic ring is 1. The third-order valence-electron chi connectivity index (χ3n) is 2.49. The lowest BCUT2D eigenvalue weighted by Crippen LogP contribution is -2.07. The SMILES string of the molecule is CC(C)n1nc(COc2cccc(Br)c2)cc1N. The molecule has 0 unspecified atom stereocenters. The summed E-state index contributed by atoms with van der Waals surface area (Å²) in [6.45, 7) is 4.50. The van der Waals surface area contributed by atoms with Crippen LogP contribution in [0.5, 0.6) is 5.75 Å². The molecular formula is C13H16BrN3O. The minimum absolute atomic E-state index is 0.254. The van der Waals surface area contributed by atoms with Gasteiger partial charge in [-0.15, -0.1) is 0 Å². The second-order valence-corrected chi connectivity index (χ2v) is 5.26. The first kappa shape index (κ1) is 13.0. The van der Waals surface area contributed by atoms with Crippen molar-refractivity contribution in [2.45, 2.75) is 26.5 Å². The molecule has 5 heteroatoms. The lowest BCUT2D eigenvalue weighted by molar-refractivity contribution is 0.298. The van der Waals surface area contributed by atoms with Crippen molar-refractivity contribution in [3.63, 3.8) is 0 Å². The van der Waals surface area contributed by atoms with E-state index in [-0.39, 0.29) is 6.04 Å². The number of rotatable bonds is 4. The first-order valence-corrected chi connectivity index (χ1v) is 6.58. The molecule has 2 N–H and O–H groups in total. The maximum atomic E-state index is 5.87. The van der Waals surface area contributed by atoms with E-state index in [1.165, 1.54) is 0 Å². The second kappa shape index (κ2) is 5.44. The van der Waals surface area contributed by atoms with Gasteiger partial charge in [-0.3, -0.25) is 0 Å². The summed E-state index contributed by atoms with van der Waals surface area (Å²) in [5.41, 5.74) is 6.71. The smallest absolute Gasteiger partial charge is 0.132 e. The van der Waals surface area contributed by atoms with Crippen LogP contribution in [0.3, 0.4) is 0 Å². The predicted molar refractivity (Wildman–Crippen MR) is 75.5 cm³/mol. The van der Waals surface area contributed by atoms with Gasteiger partial charge in [-0.25, -0.2) is 4.68 Å². The Balaban J connectivity index is 2.04. The number of halogens is 1. The highest BCUT2D eigenvalue weighted by atomic mass is 79.9. The van der Waals surface area contributed by atoms with Gasteiger partial charge < -0.3 is 10.5 Å². The number of nitrogens with zero attached hydrogens (tertiary/aromatic N) is 2. The molecule has 0 fully saturated rings. The minimum atomic E-state index is 0.254. The zero-order valence-corrected chi connectivity index (χ0v) is 12.0. The fourth-order valence-corrected chi connectivity index (χ4v) is 2.04. The largest absolute Gasteiger partial charge is 0.487 e. The molecule has 0 aliphatic rings. The van der Waals surface area contributed by atoms with Crippen LogP contribution < -0.4 is 10.5 Å². The van der Waals surface area contributed by atoms with Crippen LogP contribution >= 0.6 is 15.9 Å². The predicted octanol–water partition coefficient (Wildman–Crippen LogP) is 3.39. The van der Waals surface area contributed by atoms with Gasteiger partial charge in [-0.1, -0.05) is 22.0 Å². The number of aromatic nitrogens is 2. The van der Waals surface area contributed by atoms with Crippen molar-refractivity contribution in [2.75, 3.05) is 5.73 Å². The number of benzene rings is 1. The van der Waals surface area contributed by atoms with E-state index in [1.54, 1.807) is 4.68 Å². The molecule has 0 amide bonds. The number of anilines is 1. The lowest BCUT2D eigenvalue weighted by atomic mass is 10.3. The summed E-state index contributed by atoms with van der Waals surface area (Å²) in [6.07, 6.45) is 0. The fourth-order valence-electron chi connectivity index (χ4n) is 1.66. The Hall–Kier alpha value is -1.49. The molecule has 2 aromatic rings. The molecule has 1 aromatic heterocycles. The fraction of sp³-hybridized carbons (Fsp3) is 0.308. The molecule has 0 spiro atoms. The highest BCUT2D eigenvalue weighted by molar-refractivity contribution is 9.10. The van der Waals surface area contributed by atoms with Crippen molar-refractivity contribution in [3.05, 3.63) is 40.5 Å². The van der Waals surface area contributed by atoms with Crippen LogP contribution in [0.2, 0.25) is 0 Å². The first-order valence-electron chi connectivity index (χ1n) is 5.78. The lowest BCUT2D eigenvalue weighted by Gasteiger charge is -2.07. The average molecular weight is 310 g/mol. The third kappa shape index (κ3) is 3.04. The topological polar surface area (TPSA) is 53.1 Å². The van der Waals surface area contributed by atoms with Gasteiger partial charge in [0, 0.05) is 16.6 Å². The molecule has 1 aromatic carbocycles. The van der Waals surface area contributed by atoms with Gasteiger partial charge in [0.05, 0.1) is 0 Å². The summed E-state index contributed by atoms with van der Waals surface area (Å²) in [5, 5.41) is 4.40. The Labute approximate surface area is 115 Å². The molecular weight excluding hydrogens is 294 g/mol. The monoisotopic (exact) mass is 309 g/mol. The van der Waals surface area contributed by atoms with Gasteiger partial charge in [0.15, 0.2) is 0 Å². The summed E-state index contributed by atoms with van der Waals surface area (Å²) in [4.78, 5) is 0. The van der Waals surface area contributed by atoms with E-state index in [1.807, 2.05) is 44.2 Å². The van der Waals surface area contributed by atoms with E-state index in [2.05, 4.69) is 21.0 Å². The standard InChI is InChI=1S/C13H16BrN3O/c1-9(2)17-13(15)7-11(16-17)8-18-12-5-3-4-10(14)6-12/h3-7,9H,8,15H2,1-2H3. The molecule has 0 radical (unpaired) electrons. The minimum Gasteiger partial charge on any atom is -0.487 e. The van der Waals surface area contributed by atoms with Crippen molar-refractivity contribution < 1.29 is 4.74 Å². The molecule has 0 aliphatic heterocycles. The van der Waals surface area contributed by atoms with Gasteiger partial charge in [-0.2, -0.15) is 5.10 Å². The number of hydrogen-bond donors (Lipinski definition) is 1. The zero-order chi connectivity index (χ0) is 13.1. The van der Waals surface area contributed by atoms with Crippen LogP contribution in [0.1, 0.15) is 25.6 Å². The van der Waals surface area contributed by atoms with E-state index >= 15 is 0 Å². The summed E-state index contributed by atoms with van der Waals surface area (Å²) in [7, 11) is 0. The van der Waals surface area contributed by atoms with Crippen molar-refractivity contribution in [2.24, 2.45) is 0 Å². The number of hydrogen-bond acceptors (Lipinski definition) is 3. The molecule has 0 saturated carbocycles. The highest BCUT2D eigenvalue weighted by Gasteiger charge is 2.08. The molecule has 18 heavy (non-hydrogen) atoms. The van der Waals surface area contributed by atoms with E-state index in [4.69, 9.17) is 10.5 Å². The Bertz CT molecular complexity index is 537. The van der Waals surface area contributed by atoms with Gasteiger partial charge in [0.25, 0.3) is 0 Å². The summed E-state index contributed by atoms with van der Waals surface area (Å²) < 4.78 is 8.44. The van der Waals surface area contributed by atoms with Crippen LogP contribution in [0, 0.1) is 0 Å². The summed E-state index contributed by atoms with van der Waals surface area (Å²) in [5.74, 6) is 1.47. The maximum absolute atomic E-state index is 5.87. The van der Waals surface area contributed by atoms with E-state index in [9.17, 15) is 0 Å². The van der Waals surface area contributed by atoms with Gasteiger partial charge in [0.1, 0.15) is 23.9 Å². The molecule has 96 valence electrons. The highest BCUT2D eigenvalue weighted by Crippen LogP contribution is 2.19. The molecule has 2 rings (SSSR count).